The first kappa shape index (κ1) is 12.9. The molecule has 2 aliphatic heterocycles. The molecular weight excluding hydrogens is 248 g/mol. The van der Waals surface area contributed by atoms with Crippen LogP contribution in [-0.4, -0.2) is 55.0 Å². The predicted molar refractivity (Wildman–Crippen MR) is 72.4 cm³/mol. The van der Waals surface area contributed by atoms with Crippen molar-refractivity contribution in [3.8, 4) is 0 Å². The molecule has 18 heavy (non-hydrogen) atoms. The van der Waals surface area contributed by atoms with Crippen molar-refractivity contribution >= 4 is 9.84 Å². The Morgan fingerprint density at radius 2 is 2.06 bits per heavy atom. The Morgan fingerprint density at radius 3 is 2.61 bits per heavy atom. The number of sulfone groups is 1. The summed E-state index contributed by atoms with van der Waals surface area (Å²) in [5.41, 5.74) is -0.192. The van der Waals surface area contributed by atoms with Crippen LogP contribution in [-0.2, 0) is 9.84 Å². The zero-order chi connectivity index (χ0) is 13.0. The van der Waals surface area contributed by atoms with E-state index < -0.39 is 9.84 Å². The van der Waals surface area contributed by atoms with Gasteiger partial charge in [0, 0.05) is 30.2 Å². The Hall–Kier alpha value is -0.130. The van der Waals surface area contributed by atoms with Gasteiger partial charge < -0.3 is 5.32 Å². The summed E-state index contributed by atoms with van der Waals surface area (Å²) in [6.45, 7) is 5.47. The predicted octanol–water partition coefficient (Wildman–Crippen LogP) is 0.778. The molecule has 2 saturated heterocycles. The Bertz CT molecular complexity index is 432. The van der Waals surface area contributed by atoms with Crippen LogP contribution in [0.25, 0.3) is 0 Å². The molecule has 0 spiro atoms. The third-order valence-electron chi connectivity index (χ3n) is 4.69. The minimum atomic E-state index is -2.80. The SMILES string of the molecule is CC1CC(NC2(C)CCS(=O)(=O)C2)CN1C1CC1. The van der Waals surface area contributed by atoms with E-state index in [1.54, 1.807) is 0 Å². The first-order valence-corrected chi connectivity index (χ1v) is 8.93. The highest BCUT2D eigenvalue weighted by atomic mass is 32.2. The minimum absolute atomic E-state index is 0.192. The second-order valence-corrected chi connectivity index (χ2v) is 8.94. The third-order valence-corrected chi connectivity index (χ3v) is 6.60. The summed E-state index contributed by atoms with van der Waals surface area (Å²) in [5.74, 6) is 0.666. The number of nitrogens with one attached hydrogen (secondary N) is 1. The molecule has 3 fully saturated rings. The van der Waals surface area contributed by atoms with Crippen molar-refractivity contribution in [2.24, 2.45) is 0 Å². The first-order chi connectivity index (χ1) is 8.37. The molecule has 0 radical (unpaired) electrons. The molecule has 4 nitrogen and oxygen atoms in total. The fourth-order valence-corrected chi connectivity index (χ4v) is 5.80. The van der Waals surface area contributed by atoms with E-state index in [2.05, 4.69) is 24.1 Å². The number of nitrogens with zero attached hydrogens (tertiary/aromatic N) is 1. The van der Waals surface area contributed by atoms with Crippen LogP contribution >= 0.6 is 0 Å². The van der Waals surface area contributed by atoms with E-state index >= 15 is 0 Å². The zero-order valence-electron chi connectivity index (χ0n) is 11.4. The van der Waals surface area contributed by atoms with Gasteiger partial charge in [0.25, 0.3) is 0 Å². The quantitative estimate of drug-likeness (QED) is 0.825. The van der Waals surface area contributed by atoms with E-state index in [0.717, 1.165) is 25.4 Å². The van der Waals surface area contributed by atoms with Crippen molar-refractivity contribution in [3.63, 3.8) is 0 Å². The van der Waals surface area contributed by atoms with Crippen LogP contribution in [0.4, 0.5) is 0 Å². The summed E-state index contributed by atoms with van der Waals surface area (Å²) < 4.78 is 23.2. The lowest BCUT2D eigenvalue weighted by Gasteiger charge is -2.28. The Labute approximate surface area is 110 Å². The molecule has 104 valence electrons. The van der Waals surface area contributed by atoms with Gasteiger partial charge in [0.1, 0.15) is 0 Å². The van der Waals surface area contributed by atoms with Gasteiger partial charge in [-0.3, -0.25) is 4.90 Å². The van der Waals surface area contributed by atoms with Gasteiger partial charge in [-0.2, -0.15) is 0 Å². The molecule has 1 N–H and O–H groups in total. The topological polar surface area (TPSA) is 49.4 Å². The second-order valence-electron chi connectivity index (χ2n) is 6.76. The zero-order valence-corrected chi connectivity index (χ0v) is 12.2. The molecule has 0 bridgehead atoms. The van der Waals surface area contributed by atoms with Crippen LogP contribution in [0.5, 0.6) is 0 Å². The third kappa shape index (κ3) is 2.58. The molecule has 5 heteroatoms. The smallest absolute Gasteiger partial charge is 0.152 e. The normalized spacial score (nSPS) is 44.6. The fourth-order valence-electron chi connectivity index (χ4n) is 3.69. The Morgan fingerprint density at radius 1 is 1.33 bits per heavy atom. The lowest BCUT2D eigenvalue weighted by Crippen LogP contribution is -2.50. The van der Waals surface area contributed by atoms with E-state index in [1.807, 2.05) is 0 Å². The van der Waals surface area contributed by atoms with Crippen molar-refractivity contribution in [3.05, 3.63) is 0 Å². The molecule has 2 heterocycles. The maximum Gasteiger partial charge on any atom is 0.152 e. The van der Waals surface area contributed by atoms with Gasteiger partial charge >= 0.3 is 0 Å². The number of hydrogen-bond donors (Lipinski definition) is 1. The van der Waals surface area contributed by atoms with E-state index in [-0.39, 0.29) is 5.54 Å². The van der Waals surface area contributed by atoms with Crippen molar-refractivity contribution in [2.75, 3.05) is 18.1 Å². The summed E-state index contributed by atoms with van der Waals surface area (Å²) in [7, 11) is -2.80. The molecule has 1 aliphatic carbocycles. The Balaban J connectivity index is 1.60. The van der Waals surface area contributed by atoms with Gasteiger partial charge in [-0.25, -0.2) is 8.42 Å². The number of likely N-dealkylation sites (tertiary alicyclic amines) is 1. The lowest BCUT2D eigenvalue weighted by atomic mass is 10.00. The standard InChI is InChI=1S/C13H24N2O2S/c1-10-7-11(8-15(10)12-3-4-12)14-13(2)5-6-18(16,17)9-13/h10-12,14H,3-9H2,1-2H3. The van der Waals surface area contributed by atoms with Crippen LogP contribution in [0.3, 0.4) is 0 Å². The molecule has 0 aromatic carbocycles. The molecule has 3 unspecified atom stereocenters. The number of rotatable bonds is 3. The lowest BCUT2D eigenvalue weighted by molar-refractivity contribution is 0.250. The van der Waals surface area contributed by atoms with Crippen molar-refractivity contribution in [1.29, 1.82) is 0 Å². The van der Waals surface area contributed by atoms with Gasteiger partial charge in [-0.1, -0.05) is 0 Å². The van der Waals surface area contributed by atoms with Gasteiger partial charge in [0.15, 0.2) is 9.84 Å². The molecule has 1 saturated carbocycles. The largest absolute Gasteiger partial charge is 0.306 e. The van der Waals surface area contributed by atoms with Crippen LogP contribution in [0.1, 0.15) is 39.5 Å². The van der Waals surface area contributed by atoms with E-state index in [1.165, 1.54) is 12.8 Å². The maximum absolute atomic E-state index is 11.6. The van der Waals surface area contributed by atoms with Crippen molar-refractivity contribution in [1.82, 2.24) is 10.2 Å². The molecule has 0 aromatic rings. The van der Waals surface area contributed by atoms with Crippen LogP contribution < -0.4 is 5.32 Å². The monoisotopic (exact) mass is 272 g/mol. The first-order valence-electron chi connectivity index (χ1n) is 7.11. The van der Waals surface area contributed by atoms with E-state index in [9.17, 15) is 8.42 Å². The van der Waals surface area contributed by atoms with E-state index in [4.69, 9.17) is 0 Å². The molecule has 0 aromatic heterocycles. The summed E-state index contributed by atoms with van der Waals surface area (Å²) in [5, 5.41) is 3.63. The summed E-state index contributed by atoms with van der Waals surface area (Å²) >= 11 is 0. The average molecular weight is 272 g/mol. The summed E-state index contributed by atoms with van der Waals surface area (Å²) in [6, 6.07) is 1.93. The van der Waals surface area contributed by atoms with Crippen LogP contribution in [0, 0.1) is 0 Å². The molecule has 3 atom stereocenters. The highest BCUT2D eigenvalue weighted by Crippen LogP contribution is 2.34. The van der Waals surface area contributed by atoms with Gasteiger partial charge in [-0.05, 0) is 39.5 Å². The molecule has 3 rings (SSSR count). The van der Waals surface area contributed by atoms with Crippen molar-refractivity contribution < 1.29 is 8.42 Å². The van der Waals surface area contributed by atoms with Crippen LogP contribution in [0.2, 0.25) is 0 Å². The maximum atomic E-state index is 11.6. The highest BCUT2D eigenvalue weighted by molar-refractivity contribution is 7.91. The summed E-state index contributed by atoms with van der Waals surface area (Å²) in [6.07, 6.45) is 4.63. The fraction of sp³-hybridized carbons (Fsp3) is 1.00. The summed E-state index contributed by atoms with van der Waals surface area (Å²) in [4.78, 5) is 2.60. The Kier molecular flexibility index (Phi) is 2.99. The van der Waals surface area contributed by atoms with Gasteiger partial charge in [0.05, 0.1) is 11.5 Å². The molecule has 0 amide bonds. The second kappa shape index (κ2) is 4.18. The highest BCUT2D eigenvalue weighted by Gasteiger charge is 2.43. The molecule has 3 aliphatic rings. The van der Waals surface area contributed by atoms with Crippen molar-refractivity contribution in [2.45, 2.75) is 63.2 Å². The van der Waals surface area contributed by atoms with E-state index in [0.29, 0.717) is 23.6 Å². The minimum Gasteiger partial charge on any atom is -0.306 e. The van der Waals surface area contributed by atoms with Gasteiger partial charge in [-0.15, -0.1) is 0 Å². The van der Waals surface area contributed by atoms with Crippen LogP contribution in [0.15, 0.2) is 0 Å². The van der Waals surface area contributed by atoms with Gasteiger partial charge in [0.2, 0.25) is 0 Å². The number of hydrogen-bond acceptors (Lipinski definition) is 4. The molecular formula is C13H24N2O2S. The average Bonchev–Trinajstić information content (AvgIpc) is 2.96.